The summed E-state index contributed by atoms with van der Waals surface area (Å²) in [6.45, 7) is 0. The summed E-state index contributed by atoms with van der Waals surface area (Å²) in [7, 11) is 4.78. The van der Waals surface area contributed by atoms with Crippen molar-refractivity contribution in [3.63, 3.8) is 0 Å². The van der Waals surface area contributed by atoms with Gasteiger partial charge < -0.3 is 15.0 Å². The third-order valence-corrected chi connectivity index (χ3v) is 3.89. The van der Waals surface area contributed by atoms with E-state index < -0.39 is 5.91 Å². The van der Waals surface area contributed by atoms with E-state index in [0.29, 0.717) is 21.5 Å². The average Bonchev–Trinajstić information content (AvgIpc) is 2.56. The Balaban J connectivity index is 2.37. The predicted octanol–water partition coefficient (Wildman–Crippen LogP) is 3.46. The zero-order valence-corrected chi connectivity index (χ0v) is 15.6. The molecule has 1 N–H and O–H groups in total. The number of ether oxygens (including phenoxy) is 1. The molecule has 0 aliphatic heterocycles. The molecule has 2 aromatic rings. The van der Waals surface area contributed by atoms with Gasteiger partial charge >= 0.3 is 0 Å². The predicted molar refractivity (Wildman–Crippen MR) is 95.9 cm³/mol. The van der Waals surface area contributed by atoms with Crippen LogP contribution in [0.15, 0.2) is 34.9 Å². The van der Waals surface area contributed by atoms with Crippen LogP contribution in [0, 0.1) is 0 Å². The summed E-state index contributed by atoms with van der Waals surface area (Å²) in [5.74, 6) is -0.213. The van der Waals surface area contributed by atoms with Gasteiger partial charge in [0, 0.05) is 30.3 Å². The molecule has 1 aromatic carbocycles. The maximum atomic E-state index is 12.5. The first-order valence-electron chi connectivity index (χ1n) is 6.85. The monoisotopic (exact) mass is 411 g/mol. The average molecular weight is 413 g/mol. The minimum Gasteiger partial charge on any atom is -0.495 e. The highest BCUT2D eigenvalue weighted by atomic mass is 79.9. The molecule has 0 spiro atoms. The molecule has 0 unspecified atom stereocenters. The van der Waals surface area contributed by atoms with Crippen LogP contribution in [-0.4, -0.2) is 42.9 Å². The molecule has 2 rings (SSSR count). The van der Waals surface area contributed by atoms with Crippen LogP contribution >= 0.6 is 27.5 Å². The van der Waals surface area contributed by atoms with E-state index >= 15 is 0 Å². The highest BCUT2D eigenvalue weighted by Crippen LogP contribution is 2.27. The summed E-state index contributed by atoms with van der Waals surface area (Å²) in [5, 5.41) is 2.78. The molecule has 8 heteroatoms. The standard InChI is InChI=1S/C16H15BrClN3O3/c1-21(2)16(23)9-4-5-13(24-3)12(6-9)20-15(22)11-7-10(17)8-19-14(11)18/h4-8H,1-3H3,(H,20,22). The van der Waals surface area contributed by atoms with Crippen LogP contribution in [0.1, 0.15) is 20.7 Å². The van der Waals surface area contributed by atoms with E-state index in [2.05, 4.69) is 26.2 Å². The van der Waals surface area contributed by atoms with Gasteiger partial charge in [-0.25, -0.2) is 4.98 Å². The zero-order valence-electron chi connectivity index (χ0n) is 13.3. The Morgan fingerprint density at radius 3 is 2.62 bits per heavy atom. The number of pyridine rings is 1. The topological polar surface area (TPSA) is 71.5 Å². The lowest BCUT2D eigenvalue weighted by Crippen LogP contribution is -2.22. The number of carbonyl (C=O) groups is 2. The summed E-state index contributed by atoms with van der Waals surface area (Å²) >= 11 is 9.22. The fourth-order valence-corrected chi connectivity index (χ4v) is 2.49. The largest absolute Gasteiger partial charge is 0.495 e. The van der Waals surface area contributed by atoms with E-state index in [1.54, 1.807) is 38.4 Å². The second-order valence-corrected chi connectivity index (χ2v) is 6.33. The van der Waals surface area contributed by atoms with Gasteiger partial charge in [-0.3, -0.25) is 9.59 Å². The number of anilines is 1. The molecule has 0 aliphatic carbocycles. The summed E-state index contributed by atoms with van der Waals surface area (Å²) in [6, 6.07) is 6.36. The first-order chi connectivity index (χ1) is 11.3. The fourth-order valence-electron chi connectivity index (χ4n) is 1.97. The number of hydrogen-bond acceptors (Lipinski definition) is 4. The van der Waals surface area contributed by atoms with E-state index in [1.807, 2.05) is 0 Å². The Kier molecular flexibility index (Phi) is 5.80. The molecular weight excluding hydrogens is 398 g/mol. The molecular formula is C16H15BrClN3O3. The van der Waals surface area contributed by atoms with Gasteiger partial charge in [-0.15, -0.1) is 0 Å². The molecule has 126 valence electrons. The van der Waals surface area contributed by atoms with Crippen LogP contribution in [0.2, 0.25) is 5.15 Å². The first-order valence-corrected chi connectivity index (χ1v) is 8.02. The number of benzene rings is 1. The number of nitrogens with one attached hydrogen (secondary N) is 1. The normalized spacial score (nSPS) is 10.2. The van der Waals surface area contributed by atoms with E-state index in [1.165, 1.54) is 18.2 Å². The Hall–Kier alpha value is -2.12. The van der Waals surface area contributed by atoms with Crippen LogP contribution in [0.5, 0.6) is 5.75 Å². The third-order valence-electron chi connectivity index (χ3n) is 3.15. The number of hydrogen-bond donors (Lipinski definition) is 1. The molecule has 0 atom stereocenters. The van der Waals surface area contributed by atoms with Gasteiger partial charge in [-0.1, -0.05) is 11.6 Å². The van der Waals surface area contributed by atoms with Crippen molar-refractivity contribution in [1.29, 1.82) is 0 Å². The summed E-state index contributed by atoms with van der Waals surface area (Å²) in [6.07, 6.45) is 1.50. The van der Waals surface area contributed by atoms with Gasteiger partial charge in [-0.2, -0.15) is 0 Å². The minimum absolute atomic E-state index is 0.0789. The maximum Gasteiger partial charge on any atom is 0.258 e. The van der Waals surface area contributed by atoms with E-state index in [9.17, 15) is 9.59 Å². The van der Waals surface area contributed by atoms with Crippen molar-refractivity contribution >= 4 is 45.0 Å². The van der Waals surface area contributed by atoms with Gasteiger partial charge in [0.25, 0.3) is 11.8 Å². The lowest BCUT2D eigenvalue weighted by Gasteiger charge is -2.14. The number of carbonyl (C=O) groups excluding carboxylic acids is 2. The summed E-state index contributed by atoms with van der Waals surface area (Å²) in [5.41, 5.74) is 0.998. The fraction of sp³-hybridized carbons (Fsp3) is 0.188. The van der Waals surface area contributed by atoms with Crippen LogP contribution in [-0.2, 0) is 0 Å². The number of nitrogens with zero attached hydrogens (tertiary/aromatic N) is 2. The van der Waals surface area contributed by atoms with Crippen LogP contribution < -0.4 is 10.1 Å². The quantitative estimate of drug-likeness (QED) is 0.781. The lowest BCUT2D eigenvalue weighted by molar-refractivity contribution is 0.0827. The number of amides is 2. The molecule has 0 fully saturated rings. The van der Waals surface area contributed by atoms with Crippen molar-refractivity contribution < 1.29 is 14.3 Å². The van der Waals surface area contributed by atoms with Crippen molar-refractivity contribution in [2.24, 2.45) is 0 Å². The van der Waals surface area contributed by atoms with Gasteiger partial charge in [0.1, 0.15) is 10.9 Å². The smallest absolute Gasteiger partial charge is 0.258 e. The van der Waals surface area contributed by atoms with Gasteiger partial charge in [0.15, 0.2) is 0 Å². The van der Waals surface area contributed by atoms with Crippen LogP contribution in [0.3, 0.4) is 0 Å². The zero-order chi connectivity index (χ0) is 17.9. The number of halogens is 2. The van der Waals surface area contributed by atoms with Crippen molar-refractivity contribution in [2.45, 2.75) is 0 Å². The molecule has 2 amide bonds. The van der Waals surface area contributed by atoms with Crippen molar-refractivity contribution in [3.8, 4) is 5.75 Å². The van der Waals surface area contributed by atoms with Crippen molar-refractivity contribution in [2.75, 3.05) is 26.5 Å². The Labute approximate surface area is 152 Å². The van der Waals surface area contributed by atoms with E-state index in [0.717, 1.165) is 0 Å². The second-order valence-electron chi connectivity index (χ2n) is 5.06. The van der Waals surface area contributed by atoms with Crippen LogP contribution in [0.4, 0.5) is 5.69 Å². The van der Waals surface area contributed by atoms with Gasteiger partial charge in [-0.05, 0) is 40.2 Å². The molecule has 0 radical (unpaired) electrons. The maximum absolute atomic E-state index is 12.5. The first kappa shape index (κ1) is 18.2. The van der Waals surface area contributed by atoms with E-state index in [-0.39, 0.29) is 16.6 Å². The Morgan fingerprint density at radius 1 is 1.29 bits per heavy atom. The highest BCUT2D eigenvalue weighted by Gasteiger charge is 2.17. The van der Waals surface area contributed by atoms with Crippen molar-refractivity contribution in [1.82, 2.24) is 9.88 Å². The van der Waals surface area contributed by atoms with E-state index in [4.69, 9.17) is 16.3 Å². The molecule has 1 aromatic heterocycles. The minimum atomic E-state index is -0.457. The summed E-state index contributed by atoms with van der Waals surface area (Å²) in [4.78, 5) is 29.9. The lowest BCUT2D eigenvalue weighted by atomic mass is 10.1. The third kappa shape index (κ3) is 4.04. The molecule has 1 heterocycles. The Bertz CT molecular complexity index is 796. The number of methoxy groups -OCH3 is 1. The molecule has 0 bridgehead atoms. The summed E-state index contributed by atoms with van der Waals surface area (Å²) < 4.78 is 5.86. The van der Waals surface area contributed by atoms with Gasteiger partial charge in [0.2, 0.25) is 0 Å². The molecule has 0 saturated heterocycles. The van der Waals surface area contributed by atoms with Crippen LogP contribution in [0.25, 0.3) is 0 Å². The highest BCUT2D eigenvalue weighted by molar-refractivity contribution is 9.10. The molecule has 0 saturated carbocycles. The van der Waals surface area contributed by atoms with Gasteiger partial charge in [0.05, 0.1) is 18.4 Å². The number of rotatable bonds is 4. The number of aromatic nitrogens is 1. The molecule has 6 nitrogen and oxygen atoms in total. The SMILES string of the molecule is COc1ccc(C(=O)N(C)C)cc1NC(=O)c1cc(Br)cnc1Cl. The Morgan fingerprint density at radius 2 is 2.00 bits per heavy atom. The van der Waals surface area contributed by atoms with Crippen molar-refractivity contribution in [3.05, 3.63) is 51.2 Å². The second kappa shape index (κ2) is 7.63. The molecule has 0 aliphatic rings. The molecule has 24 heavy (non-hydrogen) atoms.